The highest BCUT2D eigenvalue weighted by Gasteiger charge is 2.42. The number of fused-ring (bicyclic) bond motifs is 1. The summed E-state index contributed by atoms with van der Waals surface area (Å²) in [4.78, 5) is 0.232. The fourth-order valence-corrected chi connectivity index (χ4v) is 6.18. The van der Waals surface area contributed by atoms with Crippen molar-refractivity contribution in [3.63, 3.8) is 0 Å². The van der Waals surface area contributed by atoms with Gasteiger partial charge in [0.15, 0.2) is 21.3 Å². The van der Waals surface area contributed by atoms with Gasteiger partial charge in [0.2, 0.25) is 0 Å². The Morgan fingerprint density at radius 1 is 1.21 bits per heavy atom. The fourth-order valence-electron chi connectivity index (χ4n) is 4.04. The number of ether oxygens (including phenoxy) is 1. The molecule has 2 atom stereocenters. The Morgan fingerprint density at radius 3 is 2.54 bits per heavy atom. The van der Waals surface area contributed by atoms with Gasteiger partial charge in [-0.2, -0.15) is 0 Å². The zero-order valence-electron chi connectivity index (χ0n) is 16.7. The molecule has 6 heteroatoms. The van der Waals surface area contributed by atoms with E-state index in [0.29, 0.717) is 12.0 Å². The number of nitrogens with one attached hydrogen (secondary N) is 1. The average Bonchev–Trinajstić information content (AvgIpc) is 2.79. The van der Waals surface area contributed by atoms with Crippen LogP contribution in [0.2, 0.25) is 0 Å². The molecule has 0 fully saturated rings. The predicted molar refractivity (Wildman–Crippen MR) is 111 cm³/mol. The van der Waals surface area contributed by atoms with E-state index in [1.165, 1.54) is 19.2 Å². The minimum Gasteiger partial charge on any atom is -0.504 e. The van der Waals surface area contributed by atoms with E-state index in [1.807, 2.05) is 37.3 Å². The van der Waals surface area contributed by atoms with Gasteiger partial charge in [-0.15, -0.1) is 0 Å². The van der Waals surface area contributed by atoms with Crippen LogP contribution in [0.1, 0.15) is 56.7 Å². The molecule has 0 radical (unpaired) electrons. The van der Waals surface area contributed by atoms with E-state index in [9.17, 15) is 13.5 Å². The van der Waals surface area contributed by atoms with Gasteiger partial charge < -0.3 is 9.84 Å². The summed E-state index contributed by atoms with van der Waals surface area (Å²) < 4.78 is 32.0. The number of unbranched alkanes of at least 4 members (excludes halogenated alkanes) is 1. The molecule has 0 saturated carbocycles. The van der Waals surface area contributed by atoms with Crippen molar-refractivity contribution in [3.05, 3.63) is 53.6 Å². The molecule has 152 valence electrons. The number of benzene rings is 2. The molecule has 2 unspecified atom stereocenters. The zero-order chi connectivity index (χ0) is 20.4. The van der Waals surface area contributed by atoms with Gasteiger partial charge in [0.25, 0.3) is 0 Å². The van der Waals surface area contributed by atoms with E-state index in [2.05, 4.69) is 12.2 Å². The fraction of sp³-hybridized carbons (Fsp3) is 0.455. The number of phenols is 1. The second-order valence-electron chi connectivity index (χ2n) is 7.55. The average molecular weight is 404 g/mol. The second kappa shape index (κ2) is 8.13. The third-order valence-electron chi connectivity index (χ3n) is 5.69. The van der Waals surface area contributed by atoms with Crippen LogP contribution in [-0.4, -0.2) is 31.9 Å². The SMILES string of the molecule is CCCCC1(CC)CS(=O)(=O)c2cc(OC)c(O)cc2C(c2ccccc2)N1. The Labute approximate surface area is 167 Å². The lowest BCUT2D eigenvalue weighted by Gasteiger charge is -2.35. The molecular weight excluding hydrogens is 374 g/mol. The summed E-state index contributed by atoms with van der Waals surface area (Å²) in [6, 6.07) is 12.5. The molecule has 0 amide bonds. The minimum atomic E-state index is -3.57. The number of phenolic OH excluding ortho intramolecular Hbond substituents is 1. The van der Waals surface area contributed by atoms with Gasteiger partial charge in [0.1, 0.15) is 0 Å². The molecule has 1 heterocycles. The molecule has 1 aliphatic heterocycles. The molecule has 5 nitrogen and oxygen atoms in total. The molecule has 0 spiro atoms. The number of aromatic hydroxyl groups is 1. The lowest BCUT2D eigenvalue weighted by atomic mass is 9.88. The van der Waals surface area contributed by atoms with Crippen LogP contribution in [0.3, 0.4) is 0 Å². The molecule has 0 aromatic heterocycles. The summed E-state index contributed by atoms with van der Waals surface area (Å²) in [6.45, 7) is 4.15. The Morgan fingerprint density at radius 2 is 1.93 bits per heavy atom. The summed E-state index contributed by atoms with van der Waals surface area (Å²) in [5.41, 5.74) is 1.01. The van der Waals surface area contributed by atoms with Crippen molar-refractivity contribution in [1.82, 2.24) is 5.32 Å². The van der Waals surface area contributed by atoms with Crippen molar-refractivity contribution < 1.29 is 18.3 Å². The number of hydrogen-bond donors (Lipinski definition) is 2. The maximum atomic E-state index is 13.4. The van der Waals surface area contributed by atoms with Gasteiger partial charge in [-0.1, -0.05) is 57.0 Å². The second-order valence-corrected chi connectivity index (χ2v) is 9.50. The molecular formula is C22H29NO4S. The highest BCUT2D eigenvalue weighted by atomic mass is 32.2. The standard InChI is InChI=1S/C22H29NO4S/c1-4-6-12-22(5-2)15-28(25,26)20-14-19(27-3)18(24)13-17(20)21(23-22)16-10-8-7-9-11-16/h7-11,13-14,21,23-24H,4-6,12,15H2,1-3H3. The lowest BCUT2D eigenvalue weighted by molar-refractivity contribution is 0.294. The first kappa shape index (κ1) is 20.7. The van der Waals surface area contributed by atoms with Crippen molar-refractivity contribution in [2.24, 2.45) is 0 Å². The van der Waals surface area contributed by atoms with Crippen molar-refractivity contribution in [3.8, 4) is 11.5 Å². The van der Waals surface area contributed by atoms with Crippen LogP contribution in [-0.2, 0) is 9.84 Å². The predicted octanol–water partition coefficient (Wildman–Crippen LogP) is 4.21. The third kappa shape index (κ3) is 3.89. The normalized spacial score (nSPS) is 23.6. The van der Waals surface area contributed by atoms with Crippen molar-refractivity contribution in [2.45, 2.75) is 56.0 Å². The number of rotatable bonds is 6. The number of hydrogen-bond acceptors (Lipinski definition) is 5. The van der Waals surface area contributed by atoms with Crippen molar-refractivity contribution in [1.29, 1.82) is 0 Å². The Kier molecular flexibility index (Phi) is 6.01. The molecule has 0 aliphatic carbocycles. The Bertz CT molecular complexity index is 927. The molecule has 1 aliphatic rings. The summed E-state index contributed by atoms with van der Waals surface area (Å²) in [7, 11) is -2.15. The highest BCUT2D eigenvalue weighted by Crippen LogP contribution is 2.42. The monoisotopic (exact) mass is 403 g/mol. The van der Waals surface area contributed by atoms with Gasteiger partial charge in [0.05, 0.1) is 23.8 Å². The van der Waals surface area contributed by atoms with E-state index >= 15 is 0 Å². The van der Waals surface area contributed by atoms with E-state index < -0.39 is 15.4 Å². The van der Waals surface area contributed by atoms with Crippen LogP contribution >= 0.6 is 0 Å². The summed E-state index contributed by atoms with van der Waals surface area (Å²) in [5.74, 6) is 0.143. The summed E-state index contributed by atoms with van der Waals surface area (Å²) >= 11 is 0. The molecule has 2 N–H and O–H groups in total. The molecule has 3 rings (SSSR count). The Hall–Kier alpha value is -2.05. The van der Waals surface area contributed by atoms with Gasteiger partial charge in [-0.05, 0) is 30.0 Å². The zero-order valence-corrected chi connectivity index (χ0v) is 17.6. The van der Waals surface area contributed by atoms with Crippen LogP contribution in [0.4, 0.5) is 0 Å². The number of methoxy groups -OCH3 is 1. The van der Waals surface area contributed by atoms with E-state index in [1.54, 1.807) is 0 Å². The van der Waals surface area contributed by atoms with Gasteiger partial charge in [-0.3, -0.25) is 5.32 Å². The molecule has 28 heavy (non-hydrogen) atoms. The smallest absolute Gasteiger partial charge is 0.180 e. The van der Waals surface area contributed by atoms with E-state index in [-0.39, 0.29) is 28.2 Å². The maximum absolute atomic E-state index is 13.4. The first-order valence-electron chi connectivity index (χ1n) is 9.82. The van der Waals surface area contributed by atoms with Crippen LogP contribution in [0, 0.1) is 0 Å². The van der Waals surface area contributed by atoms with E-state index in [4.69, 9.17) is 4.74 Å². The highest BCUT2D eigenvalue weighted by molar-refractivity contribution is 7.91. The molecule has 0 saturated heterocycles. The van der Waals surface area contributed by atoms with Crippen molar-refractivity contribution >= 4 is 9.84 Å². The molecule has 0 bridgehead atoms. The lowest BCUT2D eigenvalue weighted by Crippen LogP contribution is -2.50. The maximum Gasteiger partial charge on any atom is 0.180 e. The van der Waals surface area contributed by atoms with Crippen LogP contribution in [0.15, 0.2) is 47.4 Å². The van der Waals surface area contributed by atoms with Crippen LogP contribution < -0.4 is 10.1 Å². The number of sulfone groups is 1. The summed E-state index contributed by atoms with van der Waals surface area (Å²) in [6.07, 6.45) is 3.43. The van der Waals surface area contributed by atoms with E-state index in [0.717, 1.165) is 24.8 Å². The Balaban J connectivity index is 2.25. The minimum absolute atomic E-state index is 0.0285. The van der Waals surface area contributed by atoms with Gasteiger partial charge in [0, 0.05) is 11.6 Å². The molecule has 2 aromatic rings. The third-order valence-corrected chi connectivity index (χ3v) is 7.65. The first-order chi connectivity index (χ1) is 13.4. The summed E-state index contributed by atoms with van der Waals surface area (Å²) in [5, 5.41) is 14.1. The quantitative estimate of drug-likeness (QED) is 0.756. The first-order valence-corrected chi connectivity index (χ1v) is 11.5. The van der Waals surface area contributed by atoms with Gasteiger partial charge >= 0.3 is 0 Å². The largest absolute Gasteiger partial charge is 0.504 e. The van der Waals surface area contributed by atoms with Crippen LogP contribution in [0.5, 0.6) is 11.5 Å². The van der Waals surface area contributed by atoms with Gasteiger partial charge in [-0.25, -0.2) is 8.42 Å². The van der Waals surface area contributed by atoms with Crippen molar-refractivity contribution in [2.75, 3.05) is 12.9 Å². The topological polar surface area (TPSA) is 75.6 Å². The van der Waals surface area contributed by atoms with Crippen LogP contribution in [0.25, 0.3) is 0 Å². The molecule has 2 aromatic carbocycles.